The molecule has 0 aromatic rings. The van der Waals surface area contributed by atoms with Crippen LogP contribution in [0.2, 0.25) is 0 Å². The molecule has 6 nitrogen and oxygen atoms in total. The van der Waals surface area contributed by atoms with Gasteiger partial charge in [0.15, 0.2) is 6.10 Å². The van der Waals surface area contributed by atoms with Crippen LogP contribution in [-0.4, -0.2) is 37.2 Å². The Hall–Kier alpha value is -4.71. The van der Waals surface area contributed by atoms with Crippen LogP contribution in [0.5, 0.6) is 0 Å². The van der Waals surface area contributed by atoms with Crippen LogP contribution in [0.3, 0.4) is 0 Å². The van der Waals surface area contributed by atoms with Crippen molar-refractivity contribution < 1.29 is 28.6 Å². The zero-order valence-corrected chi connectivity index (χ0v) is 40.5. The summed E-state index contributed by atoms with van der Waals surface area (Å²) in [5, 5.41) is 0. The molecule has 0 amide bonds. The summed E-state index contributed by atoms with van der Waals surface area (Å²) in [7, 11) is 0. The van der Waals surface area contributed by atoms with Crippen LogP contribution in [0.25, 0.3) is 0 Å². The summed E-state index contributed by atoms with van der Waals surface area (Å²) in [6.45, 7) is 6.20. The summed E-state index contributed by atoms with van der Waals surface area (Å²) in [5.74, 6) is -1.13. The molecule has 0 aliphatic heterocycles. The zero-order valence-electron chi connectivity index (χ0n) is 40.5. The largest absolute Gasteiger partial charge is 0.462 e. The lowest BCUT2D eigenvalue weighted by Gasteiger charge is -2.18. The van der Waals surface area contributed by atoms with E-state index in [0.717, 1.165) is 83.5 Å². The topological polar surface area (TPSA) is 78.9 Å². The van der Waals surface area contributed by atoms with E-state index < -0.39 is 6.10 Å². The van der Waals surface area contributed by atoms with E-state index in [1.54, 1.807) is 0 Å². The summed E-state index contributed by atoms with van der Waals surface area (Å²) >= 11 is 0. The number of hydrogen-bond acceptors (Lipinski definition) is 6. The van der Waals surface area contributed by atoms with Gasteiger partial charge in [0.2, 0.25) is 0 Å². The van der Waals surface area contributed by atoms with Gasteiger partial charge in [0, 0.05) is 19.3 Å². The lowest BCUT2D eigenvalue weighted by atomic mass is 10.1. The average molecular weight is 881 g/mol. The van der Waals surface area contributed by atoms with E-state index >= 15 is 0 Å². The van der Waals surface area contributed by atoms with Crippen molar-refractivity contribution in [2.45, 2.75) is 187 Å². The molecule has 0 N–H and O–H groups in total. The molecule has 356 valence electrons. The van der Waals surface area contributed by atoms with Crippen molar-refractivity contribution in [1.29, 1.82) is 0 Å². The summed E-state index contributed by atoms with van der Waals surface area (Å²) < 4.78 is 16.6. The van der Waals surface area contributed by atoms with Gasteiger partial charge in [-0.1, -0.05) is 212 Å². The van der Waals surface area contributed by atoms with Gasteiger partial charge >= 0.3 is 17.9 Å². The molecule has 0 aromatic carbocycles. The second kappa shape index (κ2) is 50.9. The maximum atomic E-state index is 12.8. The third kappa shape index (κ3) is 48.3. The third-order valence-electron chi connectivity index (χ3n) is 9.70. The number of rotatable bonds is 42. The van der Waals surface area contributed by atoms with E-state index in [1.165, 1.54) is 44.9 Å². The van der Waals surface area contributed by atoms with Crippen molar-refractivity contribution in [3.63, 3.8) is 0 Å². The maximum absolute atomic E-state index is 12.8. The highest BCUT2D eigenvalue weighted by molar-refractivity contribution is 5.71. The van der Waals surface area contributed by atoms with E-state index in [-0.39, 0.29) is 50.4 Å². The first kappa shape index (κ1) is 59.3. The van der Waals surface area contributed by atoms with Gasteiger partial charge in [-0.25, -0.2) is 0 Å². The number of carbonyl (C=O) groups is 3. The Labute approximate surface area is 391 Å². The van der Waals surface area contributed by atoms with Crippen LogP contribution in [0.1, 0.15) is 181 Å². The Morgan fingerprint density at radius 2 is 0.734 bits per heavy atom. The predicted octanol–water partition coefficient (Wildman–Crippen LogP) is 16.5. The van der Waals surface area contributed by atoms with Crippen molar-refractivity contribution in [1.82, 2.24) is 0 Å². The standard InChI is InChI=1S/C58H88O6/c1-4-7-10-13-16-19-22-25-27-28-29-30-31-34-36-39-42-45-48-51-57(60)63-54-55(53-62-56(59)50-47-44-41-38-35-32-24-21-18-15-12-9-6-3)64-58(61)52-49-46-43-40-37-33-26-23-20-17-14-11-8-5-2/h7,9-10,12,15-16,18-19,21,24-25,27,29-30,32-38,41-42,45,55H,4-6,8,11,13-14,17,20,22-23,26,28,31,39-40,43-44,46-54H2,1-3H3/b10-7-,12-9-,18-15-,19-16-,24-21-,27-25-,30-29-,35-32-,36-34-,37-33-,41-38-,45-42-. The van der Waals surface area contributed by atoms with Crippen molar-refractivity contribution >= 4 is 17.9 Å². The van der Waals surface area contributed by atoms with Gasteiger partial charge in [0.25, 0.3) is 0 Å². The molecular weight excluding hydrogens is 793 g/mol. The van der Waals surface area contributed by atoms with E-state index in [4.69, 9.17) is 14.2 Å². The first-order valence-corrected chi connectivity index (χ1v) is 24.9. The molecule has 0 aromatic heterocycles. The zero-order chi connectivity index (χ0) is 46.5. The molecule has 0 heterocycles. The first-order valence-electron chi connectivity index (χ1n) is 24.9. The fourth-order valence-electron chi connectivity index (χ4n) is 6.02. The SMILES string of the molecule is CC\C=C/C=C\C=C/C=C\C=C/CCCC(=O)OCC(COC(=O)CC/C=C\C/C=C\C/C=C\C/C=C\C/C=C\C/C=C\CC)OC(=O)CCCCC/C=C\CCCCCCCCC. The third-order valence-corrected chi connectivity index (χ3v) is 9.70. The minimum Gasteiger partial charge on any atom is -0.462 e. The Bertz CT molecular complexity index is 1480. The lowest BCUT2D eigenvalue weighted by Crippen LogP contribution is -2.30. The van der Waals surface area contributed by atoms with Crippen molar-refractivity contribution in [3.8, 4) is 0 Å². The molecule has 0 rings (SSSR count). The van der Waals surface area contributed by atoms with E-state index in [0.29, 0.717) is 12.8 Å². The fraction of sp³-hybridized carbons (Fsp3) is 0.534. The number of esters is 3. The van der Waals surface area contributed by atoms with Gasteiger partial charge in [-0.3, -0.25) is 14.4 Å². The molecule has 6 heteroatoms. The van der Waals surface area contributed by atoms with Crippen LogP contribution in [0, 0.1) is 0 Å². The van der Waals surface area contributed by atoms with Gasteiger partial charge in [-0.2, -0.15) is 0 Å². The Balaban J connectivity index is 4.64. The van der Waals surface area contributed by atoms with Crippen LogP contribution in [0.15, 0.2) is 146 Å². The van der Waals surface area contributed by atoms with E-state index in [9.17, 15) is 14.4 Å². The Morgan fingerprint density at radius 3 is 1.27 bits per heavy atom. The van der Waals surface area contributed by atoms with Crippen molar-refractivity contribution in [2.24, 2.45) is 0 Å². The summed E-state index contributed by atoms with van der Waals surface area (Å²) in [6.07, 6.45) is 72.8. The molecule has 0 bridgehead atoms. The van der Waals surface area contributed by atoms with E-state index in [1.807, 2.05) is 66.8 Å². The Kier molecular flexibility index (Phi) is 47.2. The minimum atomic E-state index is -0.851. The smallest absolute Gasteiger partial charge is 0.306 e. The monoisotopic (exact) mass is 881 g/mol. The molecular formula is C58H88O6. The molecule has 0 spiro atoms. The second-order valence-electron chi connectivity index (χ2n) is 15.7. The molecule has 64 heavy (non-hydrogen) atoms. The molecule has 1 unspecified atom stereocenters. The lowest BCUT2D eigenvalue weighted by molar-refractivity contribution is -0.166. The van der Waals surface area contributed by atoms with Gasteiger partial charge in [-0.15, -0.1) is 0 Å². The van der Waals surface area contributed by atoms with Crippen molar-refractivity contribution in [2.75, 3.05) is 13.2 Å². The maximum Gasteiger partial charge on any atom is 0.306 e. The first-order chi connectivity index (χ1) is 31.5. The highest BCUT2D eigenvalue weighted by atomic mass is 16.6. The van der Waals surface area contributed by atoms with Crippen molar-refractivity contribution in [3.05, 3.63) is 146 Å². The molecule has 0 radical (unpaired) electrons. The average Bonchev–Trinajstić information content (AvgIpc) is 3.29. The minimum absolute atomic E-state index is 0.151. The quantitative estimate of drug-likeness (QED) is 0.0200. The van der Waals surface area contributed by atoms with Gasteiger partial charge in [-0.05, 0) is 96.3 Å². The second-order valence-corrected chi connectivity index (χ2v) is 15.7. The number of ether oxygens (including phenoxy) is 3. The van der Waals surface area contributed by atoms with Crippen LogP contribution in [0.4, 0.5) is 0 Å². The number of unbranched alkanes of at least 4 members (excludes halogenated alkanes) is 11. The number of hydrogen-bond donors (Lipinski definition) is 0. The summed E-state index contributed by atoms with van der Waals surface area (Å²) in [5.41, 5.74) is 0. The Morgan fingerprint density at radius 1 is 0.344 bits per heavy atom. The van der Waals surface area contributed by atoms with E-state index in [2.05, 4.69) is 99.8 Å². The normalized spacial score (nSPS) is 13.4. The highest BCUT2D eigenvalue weighted by Gasteiger charge is 2.19. The molecule has 0 saturated carbocycles. The number of carbonyl (C=O) groups excluding carboxylic acids is 3. The predicted molar refractivity (Wildman–Crippen MR) is 274 cm³/mol. The highest BCUT2D eigenvalue weighted by Crippen LogP contribution is 2.11. The van der Waals surface area contributed by atoms with Gasteiger partial charge in [0.1, 0.15) is 13.2 Å². The molecule has 0 fully saturated rings. The van der Waals surface area contributed by atoms with Crippen LogP contribution >= 0.6 is 0 Å². The summed E-state index contributed by atoms with van der Waals surface area (Å²) in [6, 6.07) is 0. The van der Waals surface area contributed by atoms with Crippen LogP contribution in [-0.2, 0) is 28.6 Å². The molecule has 1 atom stereocenters. The molecule has 0 saturated heterocycles. The van der Waals surface area contributed by atoms with Gasteiger partial charge in [0.05, 0.1) is 0 Å². The summed E-state index contributed by atoms with van der Waals surface area (Å²) in [4.78, 5) is 37.9. The van der Waals surface area contributed by atoms with Gasteiger partial charge < -0.3 is 14.2 Å². The number of allylic oxidation sites excluding steroid dienone is 24. The fourth-order valence-corrected chi connectivity index (χ4v) is 6.02. The molecule has 0 aliphatic rings. The van der Waals surface area contributed by atoms with Crippen LogP contribution < -0.4 is 0 Å². The molecule has 0 aliphatic carbocycles.